The standard InChI is InChI=1S/C12H18FNO3/c1-4-14(5-2)11(16)12(3,13)10(15)9-7-6-8-17-9/h6-8,10,15H,4-5H2,1-3H3/t10-,12-/m0/s1. The summed E-state index contributed by atoms with van der Waals surface area (Å²) in [5, 5.41) is 9.83. The lowest BCUT2D eigenvalue weighted by Crippen LogP contribution is -2.47. The molecule has 0 bridgehead atoms. The predicted octanol–water partition coefficient (Wildman–Crippen LogP) is 1.91. The van der Waals surface area contributed by atoms with E-state index in [-0.39, 0.29) is 5.76 Å². The molecule has 0 saturated carbocycles. The second-order valence-electron chi connectivity index (χ2n) is 3.97. The van der Waals surface area contributed by atoms with Gasteiger partial charge in [0.1, 0.15) is 5.76 Å². The third-order valence-corrected chi connectivity index (χ3v) is 2.80. The number of alkyl halides is 1. The van der Waals surface area contributed by atoms with Gasteiger partial charge in [-0.1, -0.05) is 0 Å². The number of aliphatic hydroxyl groups is 1. The van der Waals surface area contributed by atoms with Crippen LogP contribution >= 0.6 is 0 Å². The van der Waals surface area contributed by atoms with Crippen LogP contribution in [-0.2, 0) is 4.79 Å². The van der Waals surface area contributed by atoms with Gasteiger partial charge in [-0.3, -0.25) is 4.79 Å². The molecule has 1 aromatic rings. The van der Waals surface area contributed by atoms with Gasteiger partial charge in [0.15, 0.2) is 6.10 Å². The first-order valence-electron chi connectivity index (χ1n) is 5.64. The van der Waals surface area contributed by atoms with Gasteiger partial charge in [0, 0.05) is 13.1 Å². The van der Waals surface area contributed by atoms with Crippen molar-refractivity contribution in [2.45, 2.75) is 32.5 Å². The van der Waals surface area contributed by atoms with E-state index in [0.29, 0.717) is 13.1 Å². The average molecular weight is 243 g/mol. The lowest BCUT2D eigenvalue weighted by molar-refractivity contribution is -0.151. The fourth-order valence-corrected chi connectivity index (χ4v) is 1.65. The van der Waals surface area contributed by atoms with E-state index >= 15 is 0 Å². The highest BCUT2D eigenvalue weighted by molar-refractivity contribution is 5.85. The maximum absolute atomic E-state index is 14.4. The molecule has 0 spiro atoms. The normalized spacial score (nSPS) is 16.3. The Labute approximate surface area is 100 Å². The summed E-state index contributed by atoms with van der Waals surface area (Å²) in [6, 6.07) is 2.98. The van der Waals surface area contributed by atoms with Crippen molar-refractivity contribution in [1.82, 2.24) is 4.90 Å². The molecule has 1 N–H and O–H groups in total. The summed E-state index contributed by atoms with van der Waals surface area (Å²) in [6.07, 6.45) is -0.262. The second kappa shape index (κ2) is 5.31. The third kappa shape index (κ3) is 2.66. The molecule has 1 heterocycles. The molecule has 0 aliphatic heterocycles. The van der Waals surface area contributed by atoms with Gasteiger partial charge >= 0.3 is 0 Å². The lowest BCUT2D eigenvalue weighted by atomic mass is 9.97. The van der Waals surface area contributed by atoms with E-state index in [4.69, 9.17) is 4.42 Å². The molecule has 0 unspecified atom stereocenters. The van der Waals surface area contributed by atoms with Crippen molar-refractivity contribution in [2.24, 2.45) is 0 Å². The summed E-state index contributed by atoms with van der Waals surface area (Å²) in [5.74, 6) is -0.679. The highest BCUT2D eigenvalue weighted by atomic mass is 19.1. The Morgan fingerprint density at radius 2 is 2.18 bits per heavy atom. The summed E-state index contributed by atoms with van der Waals surface area (Å²) in [6.45, 7) is 5.40. The molecule has 0 saturated heterocycles. The van der Waals surface area contributed by atoms with Crippen LogP contribution in [0.4, 0.5) is 4.39 Å². The largest absolute Gasteiger partial charge is 0.466 e. The van der Waals surface area contributed by atoms with Crippen LogP contribution in [0, 0.1) is 0 Å². The van der Waals surface area contributed by atoms with Crippen molar-refractivity contribution in [3.8, 4) is 0 Å². The smallest absolute Gasteiger partial charge is 0.263 e. The van der Waals surface area contributed by atoms with Gasteiger partial charge in [-0.05, 0) is 32.9 Å². The SMILES string of the molecule is CCN(CC)C(=O)[C@@](C)(F)[C@@H](O)c1ccco1. The molecule has 0 aliphatic carbocycles. The predicted molar refractivity (Wildman–Crippen MR) is 61.1 cm³/mol. The van der Waals surface area contributed by atoms with Crippen molar-refractivity contribution >= 4 is 5.91 Å². The molecule has 1 rings (SSSR count). The number of rotatable bonds is 5. The maximum Gasteiger partial charge on any atom is 0.263 e. The van der Waals surface area contributed by atoms with E-state index in [2.05, 4.69) is 0 Å². The van der Waals surface area contributed by atoms with Crippen LogP contribution in [0.25, 0.3) is 0 Å². The Bertz CT molecular complexity index is 358. The number of carbonyl (C=O) groups is 1. The van der Waals surface area contributed by atoms with E-state index in [1.54, 1.807) is 13.8 Å². The number of nitrogens with zero attached hydrogens (tertiary/aromatic N) is 1. The highest BCUT2D eigenvalue weighted by Crippen LogP contribution is 2.31. The number of carbonyl (C=O) groups excluding carboxylic acids is 1. The summed E-state index contributed by atoms with van der Waals surface area (Å²) >= 11 is 0. The van der Waals surface area contributed by atoms with Crippen molar-refractivity contribution < 1.29 is 18.7 Å². The van der Waals surface area contributed by atoms with Crippen LogP contribution in [0.5, 0.6) is 0 Å². The van der Waals surface area contributed by atoms with Gasteiger partial charge in [0.25, 0.3) is 5.91 Å². The first-order valence-corrected chi connectivity index (χ1v) is 5.64. The second-order valence-corrected chi connectivity index (χ2v) is 3.97. The van der Waals surface area contributed by atoms with E-state index in [1.165, 1.54) is 23.3 Å². The Hall–Kier alpha value is -1.36. The molecule has 17 heavy (non-hydrogen) atoms. The van der Waals surface area contributed by atoms with E-state index in [0.717, 1.165) is 6.92 Å². The number of aliphatic hydroxyl groups excluding tert-OH is 1. The number of amides is 1. The molecular weight excluding hydrogens is 225 g/mol. The highest BCUT2D eigenvalue weighted by Gasteiger charge is 2.45. The van der Waals surface area contributed by atoms with Crippen LogP contribution in [0.2, 0.25) is 0 Å². The monoisotopic (exact) mass is 243 g/mol. The van der Waals surface area contributed by atoms with E-state index in [9.17, 15) is 14.3 Å². The zero-order chi connectivity index (χ0) is 13.1. The number of hydrogen-bond acceptors (Lipinski definition) is 3. The molecule has 2 atom stereocenters. The first-order chi connectivity index (χ1) is 7.95. The molecule has 4 nitrogen and oxygen atoms in total. The fourth-order valence-electron chi connectivity index (χ4n) is 1.65. The molecule has 1 aromatic heterocycles. The number of halogens is 1. The Balaban J connectivity index is 2.90. The van der Waals surface area contributed by atoms with Crippen molar-refractivity contribution in [1.29, 1.82) is 0 Å². The summed E-state index contributed by atoms with van der Waals surface area (Å²) in [5.41, 5.74) is -2.39. The molecule has 5 heteroatoms. The van der Waals surface area contributed by atoms with Crippen LogP contribution in [0.1, 0.15) is 32.6 Å². The Kier molecular flexibility index (Phi) is 4.28. The van der Waals surface area contributed by atoms with Gasteiger partial charge in [-0.25, -0.2) is 4.39 Å². The molecular formula is C12H18FNO3. The Morgan fingerprint density at radius 1 is 1.59 bits per heavy atom. The van der Waals surface area contributed by atoms with Gasteiger partial charge in [0.2, 0.25) is 5.67 Å². The van der Waals surface area contributed by atoms with Crippen LogP contribution < -0.4 is 0 Å². The minimum Gasteiger partial charge on any atom is -0.466 e. The van der Waals surface area contributed by atoms with Crippen LogP contribution in [0.15, 0.2) is 22.8 Å². The van der Waals surface area contributed by atoms with Gasteiger partial charge in [-0.15, -0.1) is 0 Å². The zero-order valence-corrected chi connectivity index (χ0v) is 10.3. The number of furan rings is 1. The summed E-state index contributed by atoms with van der Waals surface area (Å²) in [4.78, 5) is 13.3. The van der Waals surface area contributed by atoms with Crippen molar-refractivity contribution in [2.75, 3.05) is 13.1 Å². The average Bonchev–Trinajstić information content (AvgIpc) is 2.82. The number of hydrogen-bond donors (Lipinski definition) is 1. The van der Waals surface area contributed by atoms with Crippen LogP contribution in [-0.4, -0.2) is 34.7 Å². The minimum atomic E-state index is -2.39. The van der Waals surface area contributed by atoms with Gasteiger partial charge < -0.3 is 14.4 Å². The van der Waals surface area contributed by atoms with E-state index < -0.39 is 17.7 Å². The third-order valence-electron chi connectivity index (χ3n) is 2.80. The molecule has 0 aromatic carbocycles. The minimum absolute atomic E-state index is 0.0514. The van der Waals surface area contributed by atoms with Crippen molar-refractivity contribution in [3.63, 3.8) is 0 Å². The topological polar surface area (TPSA) is 53.7 Å². The Morgan fingerprint density at radius 3 is 2.59 bits per heavy atom. The molecule has 0 aliphatic rings. The molecule has 1 amide bonds. The van der Waals surface area contributed by atoms with Gasteiger partial charge in [-0.2, -0.15) is 0 Å². The fraction of sp³-hybridized carbons (Fsp3) is 0.583. The lowest BCUT2D eigenvalue weighted by Gasteiger charge is -2.29. The molecule has 0 radical (unpaired) electrons. The molecule has 96 valence electrons. The molecule has 0 fully saturated rings. The van der Waals surface area contributed by atoms with E-state index in [1.807, 2.05) is 0 Å². The van der Waals surface area contributed by atoms with Crippen molar-refractivity contribution in [3.05, 3.63) is 24.2 Å². The summed E-state index contributed by atoms with van der Waals surface area (Å²) < 4.78 is 19.3. The van der Waals surface area contributed by atoms with Crippen LogP contribution in [0.3, 0.4) is 0 Å². The zero-order valence-electron chi connectivity index (χ0n) is 10.3. The van der Waals surface area contributed by atoms with Gasteiger partial charge in [0.05, 0.1) is 6.26 Å². The first kappa shape index (κ1) is 13.7. The summed E-state index contributed by atoms with van der Waals surface area (Å²) in [7, 11) is 0. The quantitative estimate of drug-likeness (QED) is 0.859. The maximum atomic E-state index is 14.4.